The highest BCUT2D eigenvalue weighted by Gasteiger charge is 2.37. The van der Waals surface area contributed by atoms with Crippen molar-refractivity contribution in [1.29, 1.82) is 0 Å². The molecular weight excluding hydrogens is 539 g/mol. The van der Waals surface area contributed by atoms with E-state index in [9.17, 15) is 27.6 Å². The minimum absolute atomic E-state index is 0.0674. The molecule has 3 aromatic rings. The van der Waals surface area contributed by atoms with E-state index < -0.39 is 43.3 Å². The minimum atomic E-state index is -4.84. The molecule has 1 unspecified atom stereocenters. The summed E-state index contributed by atoms with van der Waals surface area (Å²) in [6, 6.07) is 23.1. The zero-order chi connectivity index (χ0) is 29.6. The molecule has 3 aromatic carbocycles. The number of nitrogens with one attached hydrogen (secondary N) is 1. The van der Waals surface area contributed by atoms with E-state index in [2.05, 4.69) is 5.32 Å². The van der Waals surface area contributed by atoms with Gasteiger partial charge in [0.2, 0.25) is 5.91 Å². The molecule has 0 saturated carbocycles. The van der Waals surface area contributed by atoms with E-state index in [1.807, 2.05) is 78.9 Å². The average molecular weight is 570 g/mol. The molecule has 0 heterocycles. The molecule has 1 atom stereocenters. The lowest BCUT2D eigenvalue weighted by Gasteiger charge is -2.30. The summed E-state index contributed by atoms with van der Waals surface area (Å²) in [6.45, 7) is -2.88. The number of carboxylic acid groups (broad SMARTS) is 1. The van der Waals surface area contributed by atoms with Crippen molar-refractivity contribution in [2.45, 2.75) is 24.7 Å². The van der Waals surface area contributed by atoms with Gasteiger partial charge in [-0.3, -0.25) is 14.5 Å². The Labute approximate surface area is 235 Å². The van der Waals surface area contributed by atoms with Crippen LogP contribution in [0.15, 0.2) is 78.9 Å². The highest BCUT2D eigenvalue weighted by atomic mass is 19.4. The van der Waals surface area contributed by atoms with Gasteiger partial charge in [-0.1, -0.05) is 78.9 Å². The lowest BCUT2D eigenvalue weighted by Crippen LogP contribution is -2.55. The number of likely N-dealkylation sites (N-methyl/N-ethyl adjacent to an activating group) is 1. The summed E-state index contributed by atoms with van der Waals surface area (Å²) in [6.07, 6.45) is -5.84. The fourth-order valence-electron chi connectivity index (χ4n) is 5.05. The lowest BCUT2D eigenvalue weighted by molar-refractivity contribution is -0.167. The third kappa shape index (κ3) is 7.85. The second-order valence-corrected chi connectivity index (χ2v) is 9.91. The number of carbonyl (C=O) groups excluding carboxylic acids is 2. The van der Waals surface area contributed by atoms with Gasteiger partial charge in [-0.05, 0) is 34.9 Å². The number of carbonyl (C=O) groups is 3. The van der Waals surface area contributed by atoms with Gasteiger partial charge >= 0.3 is 18.2 Å². The van der Waals surface area contributed by atoms with Gasteiger partial charge in [0, 0.05) is 19.0 Å². The fourth-order valence-corrected chi connectivity index (χ4v) is 5.05. The van der Waals surface area contributed by atoms with Crippen molar-refractivity contribution in [1.82, 2.24) is 15.1 Å². The molecule has 8 nitrogen and oxygen atoms in total. The number of benzene rings is 3. The molecule has 0 radical (unpaired) electrons. The molecule has 1 aliphatic carbocycles. The number of carboxylic acids is 1. The Morgan fingerprint density at radius 1 is 0.927 bits per heavy atom. The molecule has 2 N–H and O–H groups in total. The van der Waals surface area contributed by atoms with Crippen LogP contribution in [0.2, 0.25) is 0 Å². The van der Waals surface area contributed by atoms with Crippen LogP contribution in [0.5, 0.6) is 0 Å². The number of alkyl carbamates (subject to hydrolysis) is 1. The quantitative estimate of drug-likeness (QED) is 0.353. The number of aliphatic carboxylic acids is 1. The lowest BCUT2D eigenvalue weighted by atomic mass is 9.98. The summed E-state index contributed by atoms with van der Waals surface area (Å²) >= 11 is 0. The summed E-state index contributed by atoms with van der Waals surface area (Å²) < 4.78 is 45.2. The number of nitrogens with zero attached hydrogens (tertiary/aromatic N) is 2. The van der Waals surface area contributed by atoms with Crippen LogP contribution in [-0.4, -0.2) is 78.4 Å². The van der Waals surface area contributed by atoms with Crippen molar-refractivity contribution < 1.29 is 37.4 Å². The van der Waals surface area contributed by atoms with Crippen LogP contribution in [-0.2, 0) is 20.9 Å². The predicted molar refractivity (Wildman–Crippen MR) is 145 cm³/mol. The van der Waals surface area contributed by atoms with Crippen molar-refractivity contribution in [2.75, 3.05) is 33.3 Å². The first-order valence-electron chi connectivity index (χ1n) is 12.9. The number of fused-ring (bicyclic) bond motifs is 3. The molecule has 4 rings (SSSR count). The summed E-state index contributed by atoms with van der Waals surface area (Å²) in [4.78, 5) is 39.3. The van der Waals surface area contributed by atoms with Crippen LogP contribution in [0, 0.1) is 0 Å². The van der Waals surface area contributed by atoms with Gasteiger partial charge in [0.1, 0.15) is 25.7 Å². The Bertz CT molecular complexity index is 1340. The number of hydrogen-bond donors (Lipinski definition) is 2. The molecule has 0 fully saturated rings. The van der Waals surface area contributed by atoms with Crippen molar-refractivity contribution >= 4 is 18.0 Å². The second-order valence-electron chi connectivity index (χ2n) is 9.91. The molecule has 0 saturated heterocycles. The van der Waals surface area contributed by atoms with E-state index in [0.29, 0.717) is 6.54 Å². The van der Waals surface area contributed by atoms with Gasteiger partial charge in [0.05, 0.1) is 0 Å². The SMILES string of the molecule is CN(Cc1ccccc1)CC(NC(=O)OCC1c2ccccc2-c2ccccc21)C(=O)N(CC(=O)O)CC(F)(F)F. The Balaban J connectivity index is 1.50. The Morgan fingerprint density at radius 3 is 2.05 bits per heavy atom. The number of ether oxygens (including phenoxy) is 1. The van der Waals surface area contributed by atoms with Gasteiger partial charge in [-0.25, -0.2) is 4.79 Å². The standard InChI is InChI=1S/C30H30F3N3O5/c1-35(15-20-9-3-2-4-10-20)16-26(28(39)36(17-27(37)38)19-30(31,32)33)34-29(40)41-18-25-23-13-7-5-11-21(23)22-12-6-8-14-24(22)25/h2-14,25-26H,15-19H2,1H3,(H,34,40)(H,37,38). The normalized spacial score (nSPS) is 13.3. The van der Waals surface area contributed by atoms with Crippen molar-refractivity contribution in [3.05, 3.63) is 95.6 Å². The molecule has 1 aliphatic rings. The molecule has 11 heteroatoms. The molecule has 0 bridgehead atoms. The van der Waals surface area contributed by atoms with Gasteiger partial charge < -0.3 is 20.1 Å². The highest BCUT2D eigenvalue weighted by Crippen LogP contribution is 2.44. The first kappa shape index (κ1) is 29.6. The molecule has 2 amide bonds. The maximum absolute atomic E-state index is 13.2. The molecule has 0 spiro atoms. The summed E-state index contributed by atoms with van der Waals surface area (Å²) in [5, 5.41) is 11.5. The zero-order valence-corrected chi connectivity index (χ0v) is 22.3. The van der Waals surface area contributed by atoms with Crippen LogP contribution in [0.3, 0.4) is 0 Å². The van der Waals surface area contributed by atoms with Crippen molar-refractivity contribution in [2.24, 2.45) is 0 Å². The van der Waals surface area contributed by atoms with Crippen molar-refractivity contribution in [3.8, 4) is 11.1 Å². The van der Waals surface area contributed by atoms with Crippen LogP contribution >= 0.6 is 0 Å². The minimum Gasteiger partial charge on any atom is -0.480 e. The molecule has 41 heavy (non-hydrogen) atoms. The van der Waals surface area contributed by atoms with Gasteiger partial charge in [-0.2, -0.15) is 13.2 Å². The molecular formula is C30H30F3N3O5. The van der Waals surface area contributed by atoms with E-state index in [4.69, 9.17) is 9.84 Å². The molecule has 0 aromatic heterocycles. The number of halogens is 3. The number of rotatable bonds is 11. The van der Waals surface area contributed by atoms with E-state index in [1.165, 1.54) is 0 Å². The smallest absolute Gasteiger partial charge is 0.407 e. The Hall–Kier alpha value is -4.38. The maximum Gasteiger partial charge on any atom is 0.407 e. The third-order valence-corrected chi connectivity index (χ3v) is 6.73. The average Bonchev–Trinajstić information content (AvgIpc) is 3.24. The molecule has 0 aliphatic heterocycles. The van der Waals surface area contributed by atoms with Crippen LogP contribution in [0.4, 0.5) is 18.0 Å². The van der Waals surface area contributed by atoms with Gasteiger partial charge in [0.15, 0.2) is 0 Å². The monoisotopic (exact) mass is 569 g/mol. The predicted octanol–water partition coefficient (Wildman–Crippen LogP) is 4.50. The summed E-state index contributed by atoms with van der Waals surface area (Å²) in [7, 11) is 1.64. The van der Waals surface area contributed by atoms with Crippen LogP contribution in [0.25, 0.3) is 11.1 Å². The Kier molecular flexibility index (Phi) is 9.28. The number of amides is 2. The fraction of sp³-hybridized carbons (Fsp3) is 0.300. The molecule has 216 valence electrons. The maximum atomic E-state index is 13.2. The van der Waals surface area contributed by atoms with E-state index in [0.717, 1.165) is 27.8 Å². The number of alkyl halides is 3. The third-order valence-electron chi connectivity index (χ3n) is 6.73. The van der Waals surface area contributed by atoms with E-state index >= 15 is 0 Å². The van der Waals surface area contributed by atoms with Crippen molar-refractivity contribution in [3.63, 3.8) is 0 Å². The Morgan fingerprint density at radius 2 is 1.49 bits per heavy atom. The van der Waals surface area contributed by atoms with Crippen LogP contribution < -0.4 is 5.32 Å². The first-order chi connectivity index (χ1) is 19.5. The first-order valence-corrected chi connectivity index (χ1v) is 12.9. The van der Waals surface area contributed by atoms with E-state index in [-0.39, 0.29) is 24.0 Å². The van der Waals surface area contributed by atoms with E-state index in [1.54, 1.807) is 11.9 Å². The van der Waals surface area contributed by atoms with Gasteiger partial charge in [0.25, 0.3) is 0 Å². The van der Waals surface area contributed by atoms with Crippen LogP contribution in [0.1, 0.15) is 22.6 Å². The zero-order valence-electron chi connectivity index (χ0n) is 22.3. The number of hydrogen-bond acceptors (Lipinski definition) is 5. The summed E-state index contributed by atoms with van der Waals surface area (Å²) in [5.74, 6) is -3.06. The highest BCUT2D eigenvalue weighted by molar-refractivity contribution is 5.88. The largest absolute Gasteiger partial charge is 0.480 e. The van der Waals surface area contributed by atoms with Gasteiger partial charge in [-0.15, -0.1) is 0 Å². The summed E-state index contributed by atoms with van der Waals surface area (Å²) in [5.41, 5.74) is 4.84. The second kappa shape index (κ2) is 12.9. The topological polar surface area (TPSA) is 99.2 Å².